The van der Waals surface area contributed by atoms with Gasteiger partial charge >= 0.3 is 0 Å². The lowest BCUT2D eigenvalue weighted by Crippen LogP contribution is -2.32. The van der Waals surface area contributed by atoms with Gasteiger partial charge in [-0.25, -0.2) is 0 Å². The second-order valence-electron chi connectivity index (χ2n) is 11.4. The molecule has 234 valence electrons. The highest BCUT2D eigenvalue weighted by Crippen LogP contribution is 2.44. The first-order valence-electron chi connectivity index (χ1n) is 15.8. The Morgan fingerprint density at radius 2 is 1.70 bits per heavy atom. The number of nitrogens with one attached hydrogen (secondary N) is 2. The Morgan fingerprint density at radius 1 is 0.957 bits per heavy atom. The average Bonchev–Trinajstić information content (AvgIpc) is 3.09. The zero-order chi connectivity index (χ0) is 31.7. The summed E-state index contributed by atoms with van der Waals surface area (Å²) in [5.74, 6) is 1.09. The third-order valence-electron chi connectivity index (χ3n) is 8.18. The predicted molar refractivity (Wildman–Crippen MR) is 187 cm³/mol. The number of dihydropyridines is 1. The van der Waals surface area contributed by atoms with Gasteiger partial charge in [0.1, 0.15) is 24.1 Å². The van der Waals surface area contributed by atoms with Crippen LogP contribution in [0.1, 0.15) is 36.1 Å². The summed E-state index contributed by atoms with van der Waals surface area (Å²) < 4.78 is 12.2. The highest BCUT2D eigenvalue weighted by Gasteiger charge is 2.32. The van der Waals surface area contributed by atoms with Crippen LogP contribution >= 0.6 is 11.6 Å². The van der Waals surface area contributed by atoms with E-state index >= 15 is 0 Å². The first-order chi connectivity index (χ1) is 22.6. The molecule has 2 heterocycles. The molecular weight excluding hydrogens is 594 g/mol. The van der Waals surface area contributed by atoms with Gasteiger partial charge < -0.3 is 25.0 Å². The zero-order valence-corrected chi connectivity index (χ0v) is 26.7. The fraction of sp³-hybridized carbons (Fsp3) is 0.263. The van der Waals surface area contributed by atoms with Crippen LogP contribution < -0.4 is 25.0 Å². The summed E-state index contributed by atoms with van der Waals surface area (Å²) in [6.07, 6.45) is 6.89. The number of hydrogen-bond acceptors (Lipinski definition) is 7. The zero-order valence-electron chi connectivity index (χ0n) is 25.9. The number of anilines is 3. The number of benzene rings is 4. The van der Waals surface area contributed by atoms with Crippen LogP contribution in [0.5, 0.6) is 11.5 Å². The van der Waals surface area contributed by atoms with Gasteiger partial charge in [0, 0.05) is 55.3 Å². The number of halogens is 1. The lowest BCUT2D eigenvalue weighted by atomic mass is 9.88. The number of allylic oxidation sites excluding steroid dienone is 1. The minimum absolute atomic E-state index is 0.00985. The van der Waals surface area contributed by atoms with E-state index in [4.69, 9.17) is 21.1 Å². The van der Waals surface area contributed by atoms with Crippen LogP contribution in [0.4, 0.5) is 17.1 Å². The molecule has 3 atom stereocenters. The van der Waals surface area contributed by atoms with Gasteiger partial charge in [-0.2, -0.15) is 5.26 Å². The van der Waals surface area contributed by atoms with Gasteiger partial charge in [-0.1, -0.05) is 84.4 Å². The first-order valence-corrected chi connectivity index (χ1v) is 16.1. The molecule has 7 nitrogen and oxygen atoms in total. The van der Waals surface area contributed by atoms with Gasteiger partial charge in [-0.3, -0.25) is 4.99 Å². The summed E-state index contributed by atoms with van der Waals surface area (Å²) in [4.78, 5) is 6.80. The summed E-state index contributed by atoms with van der Waals surface area (Å²) in [6, 6.07) is 33.1. The topological polar surface area (TPSA) is 81.9 Å². The number of fused-ring (bicyclic) bond motifs is 1. The Labute approximate surface area is 276 Å². The molecule has 0 saturated heterocycles. The molecule has 8 heteroatoms. The van der Waals surface area contributed by atoms with Crippen LogP contribution in [-0.4, -0.2) is 32.0 Å². The third-order valence-corrected chi connectivity index (χ3v) is 8.48. The van der Waals surface area contributed by atoms with Crippen molar-refractivity contribution in [3.05, 3.63) is 125 Å². The quantitative estimate of drug-likeness (QED) is 0.153. The van der Waals surface area contributed by atoms with Crippen LogP contribution in [0.3, 0.4) is 0 Å². The normalized spacial score (nSPS) is 18.2. The van der Waals surface area contributed by atoms with Crippen LogP contribution in [0.2, 0.25) is 5.02 Å². The van der Waals surface area contributed by atoms with E-state index in [-0.39, 0.29) is 18.0 Å². The number of ether oxygens (including phenoxy) is 2. The molecule has 0 aliphatic carbocycles. The van der Waals surface area contributed by atoms with E-state index in [1.54, 1.807) is 0 Å². The number of nitriles is 1. The molecule has 4 aromatic rings. The second kappa shape index (κ2) is 14.9. The molecule has 0 radical (unpaired) electrons. The minimum atomic E-state index is -0.319. The fourth-order valence-electron chi connectivity index (χ4n) is 5.90. The maximum atomic E-state index is 10.2. The van der Waals surface area contributed by atoms with E-state index < -0.39 is 0 Å². The van der Waals surface area contributed by atoms with Crippen molar-refractivity contribution in [3.63, 3.8) is 0 Å². The molecule has 3 unspecified atom stereocenters. The minimum Gasteiger partial charge on any atom is -0.492 e. The summed E-state index contributed by atoms with van der Waals surface area (Å²) >= 11 is 6.69. The molecule has 46 heavy (non-hydrogen) atoms. The molecule has 0 aromatic heterocycles. The van der Waals surface area contributed by atoms with E-state index in [1.165, 1.54) is 11.1 Å². The first kappa shape index (κ1) is 31.1. The highest BCUT2D eigenvalue weighted by atomic mass is 35.5. The van der Waals surface area contributed by atoms with Gasteiger partial charge in [-0.05, 0) is 42.3 Å². The van der Waals surface area contributed by atoms with Crippen molar-refractivity contribution in [1.29, 1.82) is 5.26 Å². The van der Waals surface area contributed by atoms with E-state index in [0.717, 1.165) is 34.8 Å². The van der Waals surface area contributed by atoms with Gasteiger partial charge in [0.15, 0.2) is 0 Å². The van der Waals surface area contributed by atoms with Crippen molar-refractivity contribution < 1.29 is 9.47 Å². The molecule has 4 aromatic carbocycles. The van der Waals surface area contributed by atoms with Crippen molar-refractivity contribution in [2.24, 2.45) is 10.9 Å². The molecular formula is C38H38ClN5O2. The molecule has 2 aliphatic heterocycles. The summed E-state index contributed by atoms with van der Waals surface area (Å²) in [5, 5.41) is 17.9. The molecule has 0 saturated carbocycles. The molecule has 6 rings (SSSR count). The van der Waals surface area contributed by atoms with E-state index in [0.29, 0.717) is 43.6 Å². The fourth-order valence-corrected chi connectivity index (χ4v) is 6.14. The number of rotatable bonds is 12. The van der Waals surface area contributed by atoms with Gasteiger partial charge in [0.25, 0.3) is 0 Å². The molecule has 0 spiro atoms. The van der Waals surface area contributed by atoms with Crippen molar-refractivity contribution in [2.75, 3.05) is 35.3 Å². The van der Waals surface area contributed by atoms with Gasteiger partial charge in [0.05, 0.1) is 35.3 Å². The standard InChI is InChI=1S/C38H38ClN5O2/c1-2-45-37-21-34-32(20-35(37)44(24-27-11-5-3-6-12-27)25-28-13-7-4-8-14-28)38(29(22-40)23-42-34)43-30-16-17-36(33(39)19-30)46-26-31-15-9-10-18-41-31/h3-9,11-21,29,31,38,42-43H,2,10,23-26H2,1H3. The summed E-state index contributed by atoms with van der Waals surface area (Å²) in [5.41, 5.74) is 6.13. The smallest absolute Gasteiger partial charge is 0.144 e. The number of hydrogen-bond donors (Lipinski definition) is 2. The van der Waals surface area contributed by atoms with Gasteiger partial charge in [-0.15, -0.1) is 0 Å². The lowest BCUT2D eigenvalue weighted by Gasteiger charge is -2.35. The summed E-state index contributed by atoms with van der Waals surface area (Å²) in [7, 11) is 0. The molecule has 2 aliphatic rings. The SMILES string of the molecule is CCOc1cc2c(cc1N(Cc1ccccc1)Cc1ccccc1)C(Nc1ccc(OCC3C=CCC=N3)c(Cl)c1)C(C#N)CN2. The Bertz CT molecular complexity index is 1670. The van der Waals surface area contributed by atoms with Crippen LogP contribution in [0.15, 0.2) is 108 Å². The maximum absolute atomic E-state index is 10.2. The molecule has 0 bridgehead atoms. The van der Waals surface area contributed by atoms with Gasteiger partial charge in [0.2, 0.25) is 0 Å². The Balaban J connectivity index is 1.32. The van der Waals surface area contributed by atoms with Crippen LogP contribution in [-0.2, 0) is 13.1 Å². The van der Waals surface area contributed by atoms with Crippen LogP contribution in [0.25, 0.3) is 0 Å². The summed E-state index contributed by atoms with van der Waals surface area (Å²) in [6.45, 7) is 4.86. The van der Waals surface area contributed by atoms with Crippen molar-refractivity contribution in [1.82, 2.24) is 0 Å². The Morgan fingerprint density at radius 3 is 2.33 bits per heavy atom. The van der Waals surface area contributed by atoms with Crippen LogP contribution in [0, 0.1) is 17.2 Å². The monoisotopic (exact) mass is 631 g/mol. The average molecular weight is 632 g/mol. The predicted octanol–water partition coefficient (Wildman–Crippen LogP) is 8.44. The molecule has 0 amide bonds. The third kappa shape index (κ3) is 7.47. The van der Waals surface area contributed by atoms with E-state index in [1.807, 2.05) is 49.5 Å². The Hall–Kier alpha value is -4.93. The van der Waals surface area contributed by atoms with E-state index in [2.05, 4.69) is 93.3 Å². The highest BCUT2D eigenvalue weighted by molar-refractivity contribution is 6.32. The van der Waals surface area contributed by atoms with Crippen molar-refractivity contribution in [2.45, 2.75) is 38.5 Å². The van der Waals surface area contributed by atoms with E-state index in [9.17, 15) is 5.26 Å². The molecule has 2 N–H and O–H groups in total. The lowest BCUT2D eigenvalue weighted by molar-refractivity contribution is 0.307. The maximum Gasteiger partial charge on any atom is 0.144 e. The Kier molecular flexibility index (Phi) is 10.1. The van der Waals surface area contributed by atoms with Crippen molar-refractivity contribution in [3.8, 4) is 17.6 Å². The number of aliphatic imine (C=N–C) groups is 1. The van der Waals surface area contributed by atoms with Crippen molar-refractivity contribution >= 4 is 34.9 Å². The second-order valence-corrected chi connectivity index (χ2v) is 11.8. The molecule has 0 fully saturated rings. The largest absolute Gasteiger partial charge is 0.492 e. The number of nitrogens with zero attached hydrogens (tertiary/aromatic N) is 3.